The molecular formula is C13H24N2OS. The number of hydrogen-bond donors (Lipinski definition) is 1. The summed E-state index contributed by atoms with van der Waals surface area (Å²) < 4.78 is -0.170. The molecule has 1 heterocycles. The third kappa shape index (κ3) is 2.48. The maximum Gasteiger partial charge on any atom is 0.238 e. The van der Waals surface area contributed by atoms with E-state index in [1.807, 2.05) is 23.7 Å². The molecule has 0 bridgehead atoms. The Labute approximate surface area is 108 Å². The van der Waals surface area contributed by atoms with Crippen molar-refractivity contribution in [3.8, 4) is 0 Å². The van der Waals surface area contributed by atoms with Crippen molar-refractivity contribution in [3.05, 3.63) is 0 Å². The van der Waals surface area contributed by atoms with Gasteiger partial charge in [0.2, 0.25) is 5.91 Å². The molecule has 1 saturated carbocycles. The van der Waals surface area contributed by atoms with Gasteiger partial charge in [0.05, 0.1) is 4.75 Å². The van der Waals surface area contributed by atoms with Gasteiger partial charge in [0, 0.05) is 13.1 Å². The van der Waals surface area contributed by atoms with E-state index in [4.69, 9.17) is 5.73 Å². The van der Waals surface area contributed by atoms with Crippen LogP contribution in [0.25, 0.3) is 0 Å². The number of amides is 1. The Bertz CT molecular complexity index is 289. The second-order valence-corrected chi connectivity index (χ2v) is 7.19. The average Bonchev–Trinajstić information content (AvgIpc) is 2.95. The van der Waals surface area contributed by atoms with E-state index in [2.05, 4.69) is 6.92 Å². The zero-order valence-corrected chi connectivity index (χ0v) is 11.8. The van der Waals surface area contributed by atoms with E-state index >= 15 is 0 Å². The average molecular weight is 256 g/mol. The Morgan fingerprint density at radius 3 is 2.82 bits per heavy atom. The normalized spacial score (nSPS) is 37.4. The van der Waals surface area contributed by atoms with E-state index in [0.717, 1.165) is 18.6 Å². The minimum Gasteiger partial charge on any atom is -0.341 e. The summed E-state index contributed by atoms with van der Waals surface area (Å²) in [6.45, 7) is 2.82. The molecule has 17 heavy (non-hydrogen) atoms. The van der Waals surface area contributed by atoms with Crippen molar-refractivity contribution < 1.29 is 4.79 Å². The smallest absolute Gasteiger partial charge is 0.238 e. The first-order chi connectivity index (χ1) is 8.08. The predicted octanol–water partition coefficient (Wildman–Crippen LogP) is 1.86. The third-order valence-corrected chi connectivity index (χ3v) is 5.92. The molecule has 3 nitrogen and oxygen atoms in total. The summed E-state index contributed by atoms with van der Waals surface area (Å²) in [6.07, 6.45) is 5.73. The molecule has 2 aliphatic rings. The lowest BCUT2D eigenvalue weighted by Gasteiger charge is -2.35. The van der Waals surface area contributed by atoms with Gasteiger partial charge in [0.15, 0.2) is 0 Å². The summed E-state index contributed by atoms with van der Waals surface area (Å²) in [7, 11) is 1.98. The Balaban J connectivity index is 2.03. The van der Waals surface area contributed by atoms with Crippen LogP contribution in [0.5, 0.6) is 0 Å². The van der Waals surface area contributed by atoms with E-state index in [9.17, 15) is 4.79 Å². The molecular weight excluding hydrogens is 232 g/mol. The first kappa shape index (κ1) is 13.2. The first-order valence-corrected chi connectivity index (χ1v) is 7.68. The topological polar surface area (TPSA) is 46.3 Å². The van der Waals surface area contributed by atoms with Crippen LogP contribution < -0.4 is 5.73 Å². The van der Waals surface area contributed by atoms with Gasteiger partial charge in [0.25, 0.3) is 0 Å². The van der Waals surface area contributed by atoms with Gasteiger partial charge in [-0.1, -0.05) is 6.42 Å². The highest BCUT2D eigenvalue weighted by atomic mass is 32.2. The van der Waals surface area contributed by atoms with Crippen molar-refractivity contribution in [1.82, 2.24) is 4.90 Å². The quantitative estimate of drug-likeness (QED) is 0.838. The van der Waals surface area contributed by atoms with Crippen LogP contribution in [0.2, 0.25) is 0 Å². The molecule has 0 radical (unpaired) electrons. The second-order valence-electron chi connectivity index (χ2n) is 5.59. The summed E-state index contributed by atoms with van der Waals surface area (Å²) in [5.41, 5.74) is 5.81. The number of rotatable bonds is 3. The minimum absolute atomic E-state index is 0.170. The zero-order valence-electron chi connectivity index (χ0n) is 10.9. The molecule has 2 N–H and O–H groups in total. The largest absolute Gasteiger partial charge is 0.341 e. The molecule has 1 amide bonds. The lowest BCUT2D eigenvalue weighted by Crippen LogP contribution is -2.48. The molecule has 0 aromatic rings. The zero-order chi connectivity index (χ0) is 12.5. The summed E-state index contributed by atoms with van der Waals surface area (Å²) in [4.78, 5) is 14.6. The monoisotopic (exact) mass is 256 g/mol. The van der Waals surface area contributed by atoms with Crippen molar-refractivity contribution in [1.29, 1.82) is 0 Å². The highest BCUT2D eigenvalue weighted by Crippen LogP contribution is 2.40. The molecule has 1 aliphatic carbocycles. The van der Waals surface area contributed by atoms with Crippen LogP contribution in [0.1, 0.15) is 39.0 Å². The van der Waals surface area contributed by atoms with E-state index in [1.54, 1.807) is 0 Å². The van der Waals surface area contributed by atoms with Gasteiger partial charge in [-0.25, -0.2) is 0 Å². The Hall–Kier alpha value is -0.220. The van der Waals surface area contributed by atoms with Crippen LogP contribution in [-0.4, -0.2) is 40.9 Å². The number of hydrogen-bond acceptors (Lipinski definition) is 3. The first-order valence-electron chi connectivity index (χ1n) is 6.70. The van der Waals surface area contributed by atoms with E-state index in [1.165, 1.54) is 19.3 Å². The van der Waals surface area contributed by atoms with Gasteiger partial charge in [-0.05, 0) is 50.8 Å². The highest BCUT2D eigenvalue weighted by molar-refractivity contribution is 8.01. The molecule has 1 aliphatic heterocycles. The lowest BCUT2D eigenvalue weighted by molar-refractivity contribution is -0.134. The predicted molar refractivity (Wildman–Crippen MR) is 73.1 cm³/mol. The molecule has 3 atom stereocenters. The van der Waals surface area contributed by atoms with Gasteiger partial charge < -0.3 is 10.6 Å². The van der Waals surface area contributed by atoms with Gasteiger partial charge in [-0.2, -0.15) is 0 Å². The fourth-order valence-electron chi connectivity index (χ4n) is 3.27. The van der Waals surface area contributed by atoms with Crippen LogP contribution in [0.15, 0.2) is 0 Å². The van der Waals surface area contributed by atoms with Crippen LogP contribution in [0.4, 0.5) is 0 Å². The number of carbonyl (C=O) groups is 1. The molecule has 1 saturated heterocycles. The van der Waals surface area contributed by atoms with Crippen LogP contribution in [0.3, 0.4) is 0 Å². The molecule has 4 heteroatoms. The van der Waals surface area contributed by atoms with Crippen molar-refractivity contribution in [2.24, 2.45) is 11.7 Å². The number of carbonyl (C=O) groups excluding carboxylic acids is 1. The van der Waals surface area contributed by atoms with Gasteiger partial charge in [0.1, 0.15) is 0 Å². The van der Waals surface area contributed by atoms with E-state index in [-0.39, 0.29) is 4.75 Å². The van der Waals surface area contributed by atoms with Crippen molar-refractivity contribution in [2.75, 3.05) is 19.3 Å². The maximum absolute atomic E-state index is 12.6. The van der Waals surface area contributed by atoms with E-state index < -0.39 is 0 Å². The molecule has 0 spiro atoms. The molecule has 3 unspecified atom stereocenters. The van der Waals surface area contributed by atoms with Crippen molar-refractivity contribution >= 4 is 17.7 Å². The van der Waals surface area contributed by atoms with Crippen LogP contribution >= 0.6 is 11.8 Å². The second kappa shape index (κ2) is 5.19. The van der Waals surface area contributed by atoms with Crippen molar-refractivity contribution in [2.45, 2.75) is 49.8 Å². The van der Waals surface area contributed by atoms with E-state index in [0.29, 0.717) is 24.4 Å². The Kier molecular flexibility index (Phi) is 4.03. The summed E-state index contributed by atoms with van der Waals surface area (Å²) >= 11 is 1.83. The fraction of sp³-hybridized carbons (Fsp3) is 0.923. The van der Waals surface area contributed by atoms with Crippen molar-refractivity contribution in [3.63, 3.8) is 0 Å². The van der Waals surface area contributed by atoms with Crippen LogP contribution in [0, 0.1) is 5.92 Å². The van der Waals surface area contributed by atoms with Crippen LogP contribution in [-0.2, 0) is 4.79 Å². The maximum atomic E-state index is 12.6. The molecule has 2 rings (SSSR count). The number of thioether (sulfide) groups is 1. The van der Waals surface area contributed by atoms with Gasteiger partial charge >= 0.3 is 0 Å². The number of nitrogens with zero attached hydrogens (tertiary/aromatic N) is 1. The fourth-order valence-corrected chi connectivity index (χ4v) is 4.57. The molecule has 0 aromatic heterocycles. The minimum atomic E-state index is -0.170. The Morgan fingerprint density at radius 1 is 1.47 bits per heavy atom. The number of nitrogens with two attached hydrogens (primary N) is 1. The summed E-state index contributed by atoms with van der Waals surface area (Å²) in [5, 5.41) is 0. The lowest BCUT2D eigenvalue weighted by atomic mass is 9.99. The molecule has 2 fully saturated rings. The molecule has 0 aromatic carbocycles. The Morgan fingerprint density at radius 2 is 2.24 bits per heavy atom. The molecule has 98 valence electrons. The van der Waals surface area contributed by atoms with Gasteiger partial charge in [-0.3, -0.25) is 4.79 Å². The standard InChI is InChI=1S/C13H24N2OS/c1-13(7-4-8-17-13)12(16)15(2)11-6-3-5-10(11)9-14/h10-11H,3-9,14H2,1-2H3. The van der Waals surface area contributed by atoms with Gasteiger partial charge in [-0.15, -0.1) is 11.8 Å². The summed E-state index contributed by atoms with van der Waals surface area (Å²) in [6, 6.07) is 0.380. The SMILES string of the molecule is CN(C(=O)C1(C)CCCS1)C1CCCC1CN. The summed E-state index contributed by atoms with van der Waals surface area (Å²) in [5.74, 6) is 1.96. The third-order valence-electron chi connectivity index (χ3n) is 4.41. The highest BCUT2D eigenvalue weighted by Gasteiger charge is 2.42.